The highest BCUT2D eigenvalue weighted by atomic mass is 35.5. The Kier molecular flexibility index (Phi) is 3.31. The number of aryl methyl sites for hydroxylation is 1. The van der Waals surface area contributed by atoms with Crippen LogP contribution in [-0.4, -0.2) is 10.2 Å². The summed E-state index contributed by atoms with van der Waals surface area (Å²) in [5.41, 5.74) is 1.02. The van der Waals surface area contributed by atoms with Gasteiger partial charge in [-0.2, -0.15) is 5.11 Å². The van der Waals surface area contributed by atoms with E-state index in [-0.39, 0.29) is 11.2 Å². The number of aromatic amines is 2. The van der Waals surface area contributed by atoms with Gasteiger partial charge in [-0.25, -0.2) is 0 Å². The van der Waals surface area contributed by atoms with Gasteiger partial charge in [0.2, 0.25) is 0 Å². The van der Waals surface area contributed by atoms with Gasteiger partial charge in [-0.1, -0.05) is 23.2 Å². The van der Waals surface area contributed by atoms with Crippen molar-refractivity contribution in [3.63, 3.8) is 0 Å². The predicted molar refractivity (Wildman–Crippen MR) is 66.8 cm³/mol. The first-order chi connectivity index (χ1) is 8.06. The Labute approximate surface area is 106 Å². The molecule has 0 spiro atoms. The predicted octanol–water partition coefficient (Wildman–Crippen LogP) is 3.73. The number of benzene rings is 1. The van der Waals surface area contributed by atoms with Crippen LogP contribution in [-0.2, 0) is 0 Å². The normalized spacial score (nSPS) is 11.2. The number of halogens is 2. The summed E-state index contributed by atoms with van der Waals surface area (Å²) < 4.78 is 0. The molecule has 88 valence electrons. The molecule has 5 nitrogen and oxygen atoms in total. The van der Waals surface area contributed by atoms with Crippen LogP contribution in [0.4, 0.5) is 11.4 Å². The molecule has 2 rings (SSSR count). The fourth-order valence-corrected chi connectivity index (χ4v) is 1.78. The highest BCUT2D eigenvalue weighted by Crippen LogP contribution is 2.25. The maximum absolute atomic E-state index is 11.3. The van der Waals surface area contributed by atoms with Gasteiger partial charge in [0, 0.05) is 10.0 Å². The largest absolute Gasteiger partial charge is 0.300 e. The van der Waals surface area contributed by atoms with E-state index >= 15 is 0 Å². The van der Waals surface area contributed by atoms with E-state index < -0.39 is 0 Å². The molecule has 0 aliphatic heterocycles. The Hall–Kier alpha value is -1.59. The van der Waals surface area contributed by atoms with Gasteiger partial charge in [-0.15, -0.1) is 5.11 Å². The number of nitrogens with zero attached hydrogens (tertiary/aromatic N) is 2. The second-order valence-electron chi connectivity index (χ2n) is 3.38. The molecule has 0 amide bonds. The lowest BCUT2D eigenvalue weighted by atomic mass is 10.3. The number of aromatic nitrogens is 2. The molecule has 0 fully saturated rings. The minimum atomic E-state index is -0.320. The molecule has 7 heteroatoms. The minimum absolute atomic E-state index is 0.237. The Morgan fingerprint density at radius 1 is 1.06 bits per heavy atom. The van der Waals surface area contributed by atoms with E-state index in [2.05, 4.69) is 20.4 Å². The third-order valence-corrected chi connectivity index (χ3v) is 2.48. The third kappa shape index (κ3) is 2.75. The quantitative estimate of drug-likeness (QED) is 0.802. The molecule has 0 bridgehead atoms. The van der Waals surface area contributed by atoms with Crippen LogP contribution in [0.3, 0.4) is 0 Å². The standard InChI is InChI=1S/C10H8Cl2N4O/c1-5-9(10(17)16-13-5)15-14-8-3-6(11)2-7(12)4-8/h2-4H,1H3,(H2,13,16,17). The maximum Gasteiger partial charge on any atom is 0.291 e. The molecule has 2 aromatic rings. The van der Waals surface area contributed by atoms with Gasteiger partial charge < -0.3 is 5.10 Å². The van der Waals surface area contributed by atoms with Crippen LogP contribution in [0.5, 0.6) is 0 Å². The second-order valence-corrected chi connectivity index (χ2v) is 4.25. The molecule has 0 unspecified atom stereocenters. The lowest BCUT2D eigenvalue weighted by molar-refractivity contribution is 1.02. The summed E-state index contributed by atoms with van der Waals surface area (Å²) in [6.45, 7) is 1.72. The Balaban J connectivity index is 2.35. The average molecular weight is 271 g/mol. The molecule has 0 radical (unpaired) electrons. The van der Waals surface area contributed by atoms with E-state index in [0.29, 0.717) is 21.4 Å². The summed E-state index contributed by atoms with van der Waals surface area (Å²) in [4.78, 5) is 11.3. The molecule has 1 aromatic carbocycles. The topological polar surface area (TPSA) is 73.4 Å². The lowest BCUT2D eigenvalue weighted by Gasteiger charge is -1.95. The number of hydrogen-bond acceptors (Lipinski definition) is 3. The fraction of sp³-hybridized carbons (Fsp3) is 0.100. The van der Waals surface area contributed by atoms with Crippen molar-refractivity contribution in [2.24, 2.45) is 10.2 Å². The van der Waals surface area contributed by atoms with E-state index in [4.69, 9.17) is 23.2 Å². The van der Waals surface area contributed by atoms with Crippen LogP contribution in [0.15, 0.2) is 33.2 Å². The third-order valence-electron chi connectivity index (χ3n) is 2.05. The van der Waals surface area contributed by atoms with Crippen LogP contribution < -0.4 is 5.56 Å². The first-order valence-corrected chi connectivity index (χ1v) is 5.47. The highest BCUT2D eigenvalue weighted by Gasteiger charge is 2.04. The van der Waals surface area contributed by atoms with Crippen LogP contribution >= 0.6 is 23.2 Å². The van der Waals surface area contributed by atoms with Gasteiger partial charge in [0.15, 0.2) is 5.69 Å². The van der Waals surface area contributed by atoms with Crippen LogP contribution in [0.2, 0.25) is 10.0 Å². The number of H-pyrrole nitrogens is 2. The summed E-state index contributed by atoms with van der Waals surface area (Å²) in [7, 11) is 0. The smallest absolute Gasteiger partial charge is 0.291 e. The van der Waals surface area contributed by atoms with Gasteiger partial charge in [0.05, 0.1) is 11.4 Å². The maximum atomic E-state index is 11.3. The first kappa shape index (κ1) is 11.9. The van der Waals surface area contributed by atoms with Crippen molar-refractivity contribution in [3.05, 3.63) is 44.3 Å². The first-order valence-electron chi connectivity index (χ1n) is 4.71. The van der Waals surface area contributed by atoms with Crippen LogP contribution in [0.25, 0.3) is 0 Å². The van der Waals surface area contributed by atoms with Crippen molar-refractivity contribution >= 4 is 34.6 Å². The average Bonchev–Trinajstić information content (AvgIpc) is 2.55. The SMILES string of the molecule is Cc1[nH][nH]c(=O)c1N=Nc1cc(Cl)cc(Cl)c1. The van der Waals surface area contributed by atoms with Crippen molar-refractivity contribution in [3.8, 4) is 0 Å². The molecule has 17 heavy (non-hydrogen) atoms. The van der Waals surface area contributed by atoms with E-state index in [0.717, 1.165) is 0 Å². The fourth-order valence-electron chi connectivity index (χ4n) is 1.26. The van der Waals surface area contributed by atoms with Crippen LogP contribution in [0.1, 0.15) is 5.69 Å². The van der Waals surface area contributed by atoms with Gasteiger partial charge >= 0.3 is 0 Å². The number of rotatable bonds is 2. The lowest BCUT2D eigenvalue weighted by Crippen LogP contribution is -1.96. The summed E-state index contributed by atoms with van der Waals surface area (Å²) >= 11 is 11.6. The minimum Gasteiger partial charge on any atom is -0.300 e. The Morgan fingerprint density at radius 2 is 1.71 bits per heavy atom. The molecule has 0 atom stereocenters. The molecule has 1 aromatic heterocycles. The van der Waals surface area contributed by atoms with Gasteiger partial charge in [0.25, 0.3) is 5.56 Å². The molecule has 2 N–H and O–H groups in total. The van der Waals surface area contributed by atoms with Crippen molar-refractivity contribution in [1.82, 2.24) is 10.2 Å². The van der Waals surface area contributed by atoms with Crippen molar-refractivity contribution in [1.29, 1.82) is 0 Å². The number of nitrogens with one attached hydrogen (secondary N) is 2. The van der Waals surface area contributed by atoms with Gasteiger partial charge in [-0.3, -0.25) is 9.89 Å². The molecular weight excluding hydrogens is 263 g/mol. The van der Waals surface area contributed by atoms with Crippen LogP contribution in [0, 0.1) is 6.92 Å². The Bertz CT molecular complexity index is 609. The van der Waals surface area contributed by atoms with E-state index in [1.807, 2.05) is 0 Å². The molecule has 0 saturated heterocycles. The zero-order chi connectivity index (χ0) is 12.4. The van der Waals surface area contributed by atoms with E-state index in [9.17, 15) is 4.79 Å². The van der Waals surface area contributed by atoms with Gasteiger partial charge in [0.1, 0.15) is 0 Å². The Morgan fingerprint density at radius 3 is 2.24 bits per heavy atom. The molecule has 0 aliphatic rings. The number of hydrogen-bond donors (Lipinski definition) is 2. The molecule has 0 aliphatic carbocycles. The molecule has 0 saturated carbocycles. The van der Waals surface area contributed by atoms with Gasteiger partial charge in [-0.05, 0) is 25.1 Å². The summed E-state index contributed by atoms with van der Waals surface area (Å²) in [6.07, 6.45) is 0. The summed E-state index contributed by atoms with van der Waals surface area (Å²) in [5, 5.41) is 13.7. The number of azo groups is 1. The highest BCUT2D eigenvalue weighted by molar-refractivity contribution is 6.35. The zero-order valence-corrected chi connectivity index (χ0v) is 10.3. The van der Waals surface area contributed by atoms with Crippen molar-refractivity contribution < 1.29 is 0 Å². The zero-order valence-electron chi connectivity index (χ0n) is 8.79. The van der Waals surface area contributed by atoms with E-state index in [1.54, 1.807) is 25.1 Å². The second kappa shape index (κ2) is 4.73. The summed E-state index contributed by atoms with van der Waals surface area (Å²) in [6, 6.07) is 4.80. The van der Waals surface area contributed by atoms with Crippen molar-refractivity contribution in [2.45, 2.75) is 6.92 Å². The monoisotopic (exact) mass is 270 g/mol. The van der Waals surface area contributed by atoms with Crippen molar-refractivity contribution in [2.75, 3.05) is 0 Å². The van der Waals surface area contributed by atoms with E-state index in [1.165, 1.54) is 0 Å². The molecule has 1 heterocycles. The molecular formula is C10H8Cl2N4O. The summed E-state index contributed by atoms with van der Waals surface area (Å²) in [5.74, 6) is 0.